The normalized spacial score (nSPS) is 11.6. The van der Waals surface area contributed by atoms with Crippen molar-refractivity contribution in [3.8, 4) is 0 Å². The Kier molecular flexibility index (Phi) is 6.50. The lowest BCUT2D eigenvalue weighted by Gasteiger charge is -2.12. The van der Waals surface area contributed by atoms with Gasteiger partial charge in [-0.1, -0.05) is 12.1 Å². The van der Waals surface area contributed by atoms with Crippen molar-refractivity contribution >= 4 is 49.7 Å². The first kappa shape index (κ1) is 23.2. The van der Waals surface area contributed by atoms with E-state index in [1.165, 1.54) is 36.6 Å². The van der Waals surface area contributed by atoms with E-state index < -0.39 is 27.7 Å². The van der Waals surface area contributed by atoms with Gasteiger partial charge >= 0.3 is 6.18 Å². The monoisotopic (exact) mass is 484 g/mol. The first-order valence-corrected chi connectivity index (χ1v) is 11.1. The molecule has 1 aromatic heterocycles. The maximum absolute atomic E-state index is 12.9. The molecule has 0 atom stereocenters. The molecule has 0 spiro atoms. The lowest BCUT2D eigenvalue weighted by Crippen LogP contribution is -2.16. The Balaban J connectivity index is 1.77. The zero-order chi connectivity index (χ0) is 23.5. The zero-order valence-corrected chi connectivity index (χ0v) is 17.9. The summed E-state index contributed by atoms with van der Waals surface area (Å²) >= 11 is 1.04. The number of hydrogen-bond donors (Lipinski definition) is 3. The van der Waals surface area contributed by atoms with Crippen molar-refractivity contribution in [1.29, 1.82) is 0 Å². The van der Waals surface area contributed by atoms with Gasteiger partial charge in [0.05, 0.1) is 10.5 Å². The third-order valence-corrected chi connectivity index (χ3v) is 6.00. The van der Waals surface area contributed by atoms with Crippen molar-refractivity contribution in [2.24, 2.45) is 0 Å². The van der Waals surface area contributed by atoms with E-state index in [0.29, 0.717) is 6.07 Å². The van der Waals surface area contributed by atoms with E-state index >= 15 is 0 Å². The van der Waals surface area contributed by atoms with Gasteiger partial charge in [-0.15, -0.1) is 11.3 Å². The van der Waals surface area contributed by atoms with E-state index in [0.717, 1.165) is 29.5 Å². The highest BCUT2D eigenvalue weighted by Gasteiger charge is 2.30. The molecule has 8 nitrogen and oxygen atoms in total. The Bertz CT molecular complexity index is 1270. The van der Waals surface area contributed by atoms with Gasteiger partial charge in [-0.25, -0.2) is 13.4 Å². The summed E-state index contributed by atoms with van der Waals surface area (Å²) in [5, 5.41) is 6.56. The zero-order valence-electron chi connectivity index (χ0n) is 16.2. The molecule has 168 valence electrons. The maximum Gasteiger partial charge on any atom is 0.416 e. The van der Waals surface area contributed by atoms with E-state index in [1.807, 2.05) is 0 Å². The van der Waals surface area contributed by atoms with Crippen LogP contribution in [0.2, 0.25) is 0 Å². The summed E-state index contributed by atoms with van der Waals surface area (Å²) in [6, 6.07) is 8.94. The fourth-order valence-corrected chi connectivity index (χ4v) is 4.33. The summed E-state index contributed by atoms with van der Waals surface area (Å²) in [5.74, 6) is -0.990. The molecule has 32 heavy (non-hydrogen) atoms. The molecule has 0 fully saturated rings. The van der Waals surface area contributed by atoms with Gasteiger partial charge in [0.1, 0.15) is 5.69 Å². The third kappa shape index (κ3) is 5.82. The molecule has 2 aromatic carbocycles. The summed E-state index contributed by atoms with van der Waals surface area (Å²) in [7, 11) is -4.24. The second-order valence-corrected chi connectivity index (χ2v) is 8.93. The highest BCUT2D eigenvalue weighted by atomic mass is 32.2. The standard InChI is InChI=1S/C19H15F3N4O4S2/c1-11(27)23-18-25-16(10-31-18)17(28)24-13-5-3-7-15(9-13)32(29,30)26-14-6-2-4-12(8-14)19(20,21)22/h2-10,26H,1H3,(H,24,28)(H,23,25,27). The lowest BCUT2D eigenvalue weighted by atomic mass is 10.2. The number of sulfonamides is 1. The van der Waals surface area contributed by atoms with Gasteiger partial charge in [0.2, 0.25) is 5.91 Å². The molecule has 3 rings (SSSR count). The molecule has 0 aliphatic rings. The molecule has 0 saturated carbocycles. The van der Waals surface area contributed by atoms with Crippen molar-refractivity contribution in [2.75, 3.05) is 15.4 Å². The van der Waals surface area contributed by atoms with Crippen LogP contribution in [0.25, 0.3) is 0 Å². The van der Waals surface area contributed by atoms with Crippen LogP contribution in [0.5, 0.6) is 0 Å². The highest BCUT2D eigenvalue weighted by Crippen LogP contribution is 2.31. The van der Waals surface area contributed by atoms with E-state index in [-0.39, 0.29) is 33.0 Å². The molecule has 0 radical (unpaired) electrons. The van der Waals surface area contributed by atoms with Crippen LogP contribution in [0.3, 0.4) is 0 Å². The Morgan fingerprint density at radius 1 is 1.00 bits per heavy atom. The molecule has 2 amide bonds. The molecule has 1 heterocycles. The number of benzene rings is 2. The quantitative estimate of drug-likeness (QED) is 0.485. The third-order valence-electron chi connectivity index (χ3n) is 3.86. The Morgan fingerprint density at radius 2 is 1.69 bits per heavy atom. The van der Waals surface area contributed by atoms with Crippen LogP contribution >= 0.6 is 11.3 Å². The Labute approximate surface area is 184 Å². The second kappa shape index (κ2) is 8.96. The van der Waals surface area contributed by atoms with Crippen LogP contribution in [0.4, 0.5) is 29.7 Å². The minimum absolute atomic E-state index is 0.00843. The number of hydrogen-bond acceptors (Lipinski definition) is 6. The summed E-state index contributed by atoms with van der Waals surface area (Å²) in [6.07, 6.45) is -4.62. The first-order chi connectivity index (χ1) is 14.9. The highest BCUT2D eigenvalue weighted by molar-refractivity contribution is 7.92. The predicted molar refractivity (Wildman–Crippen MR) is 113 cm³/mol. The van der Waals surface area contributed by atoms with Crippen molar-refractivity contribution < 1.29 is 31.2 Å². The number of anilines is 3. The topological polar surface area (TPSA) is 117 Å². The van der Waals surface area contributed by atoms with Gasteiger partial charge in [-0.2, -0.15) is 13.2 Å². The molecule has 0 aliphatic carbocycles. The fraction of sp³-hybridized carbons (Fsp3) is 0.105. The summed E-state index contributed by atoms with van der Waals surface area (Å²) in [4.78, 5) is 27.1. The van der Waals surface area contributed by atoms with Gasteiger partial charge < -0.3 is 10.6 Å². The number of aromatic nitrogens is 1. The van der Waals surface area contributed by atoms with E-state index in [4.69, 9.17) is 0 Å². The molecule has 3 aromatic rings. The van der Waals surface area contributed by atoms with Gasteiger partial charge in [-0.05, 0) is 36.4 Å². The lowest BCUT2D eigenvalue weighted by molar-refractivity contribution is -0.137. The Hall–Kier alpha value is -3.45. The number of thiazole rings is 1. The van der Waals surface area contributed by atoms with Crippen LogP contribution in [0.15, 0.2) is 58.8 Å². The van der Waals surface area contributed by atoms with E-state index in [9.17, 15) is 31.2 Å². The van der Waals surface area contributed by atoms with Crippen LogP contribution in [0, 0.1) is 0 Å². The van der Waals surface area contributed by atoms with Crippen molar-refractivity contribution in [3.05, 3.63) is 65.2 Å². The van der Waals surface area contributed by atoms with Crippen LogP contribution in [-0.4, -0.2) is 25.2 Å². The van der Waals surface area contributed by atoms with Gasteiger partial charge in [0.25, 0.3) is 15.9 Å². The molecule has 0 unspecified atom stereocenters. The van der Waals surface area contributed by atoms with Crippen molar-refractivity contribution in [1.82, 2.24) is 4.98 Å². The number of amides is 2. The molecule has 0 aliphatic heterocycles. The average molecular weight is 484 g/mol. The van der Waals surface area contributed by atoms with E-state index in [2.05, 4.69) is 20.3 Å². The molecule has 13 heteroatoms. The average Bonchev–Trinajstić information content (AvgIpc) is 3.15. The van der Waals surface area contributed by atoms with Crippen LogP contribution in [0.1, 0.15) is 23.0 Å². The number of nitrogens with one attached hydrogen (secondary N) is 3. The fourth-order valence-electron chi connectivity index (χ4n) is 2.50. The first-order valence-electron chi connectivity index (χ1n) is 8.79. The van der Waals surface area contributed by atoms with Gasteiger partial charge in [0.15, 0.2) is 5.13 Å². The van der Waals surface area contributed by atoms with Gasteiger partial charge in [0, 0.05) is 23.7 Å². The minimum atomic E-state index is -4.62. The van der Waals surface area contributed by atoms with Crippen LogP contribution in [-0.2, 0) is 21.0 Å². The number of carbonyl (C=O) groups is 2. The number of rotatable bonds is 6. The summed E-state index contributed by atoms with van der Waals surface area (Å²) in [5.41, 5.74) is -1.13. The number of carbonyl (C=O) groups excluding carboxylic acids is 2. The van der Waals surface area contributed by atoms with Crippen LogP contribution < -0.4 is 15.4 Å². The second-order valence-electron chi connectivity index (χ2n) is 6.39. The molecule has 0 bridgehead atoms. The predicted octanol–water partition coefficient (Wildman–Crippen LogP) is 4.17. The summed E-state index contributed by atoms with van der Waals surface area (Å²) in [6.45, 7) is 1.29. The van der Waals surface area contributed by atoms with Crippen molar-refractivity contribution in [2.45, 2.75) is 18.0 Å². The molecule has 3 N–H and O–H groups in total. The molecule has 0 saturated heterocycles. The minimum Gasteiger partial charge on any atom is -0.321 e. The van der Waals surface area contributed by atoms with Crippen molar-refractivity contribution in [3.63, 3.8) is 0 Å². The molecular formula is C19H15F3N4O4S2. The molecular weight excluding hydrogens is 469 g/mol. The number of nitrogens with zero attached hydrogens (tertiary/aromatic N) is 1. The largest absolute Gasteiger partial charge is 0.416 e. The number of halogens is 3. The summed E-state index contributed by atoms with van der Waals surface area (Å²) < 4.78 is 65.9. The number of alkyl halides is 3. The van der Waals surface area contributed by atoms with Gasteiger partial charge in [-0.3, -0.25) is 14.3 Å². The SMILES string of the molecule is CC(=O)Nc1nc(C(=O)Nc2cccc(S(=O)(=O)Nc3cccc(C(F)(F)F)c3)c2)cs1. The Morgan fingerprint density at radius 3 is 2.38 bits per heavy atom. The maximum atomic E-state index is 12.9. The van der Waals surface area contributed by atoms with E-state index in [1.54, 1.807) is 0 Å². The smallest absolute Gasteiger partial charge is 0.321 e.